The Labute approximate surface area is 157 Å². The van der Waals surface area contributed by atoms with Gasteiger partial charge >= 0.3 is 0 Å². The molecule has 1 heterocycles. The number of ether oxygens (including phenoxy) is 1. The monoisotopic (exact) mass is 369 g/mol. The number of carbonyl (C=O) groups is 1. The highest BCUT2D eigenvalue weighted by atomic mass is 32.2. The lowest BCUT2D eigenvalue weighted by atomic mass is 10.1. The summed E-state index contributed by atoms with van der Waals surface area (Å²) in [6.07, 6.45) is 0. The van der Waals surface area contributed by atoms with Gasteiger partial charge in [-0.3, -0.25) is 4.79 Å². The third kappa shape index (κ3) is 3.85. The van der Waals surface area contributed by atoms with Crippen molar-refractivity contribution in [3.05, 3.63) is 47.0 Å². The Kier molecular flexibility index (Phi) is 5.23. The fourth-order valence-corrected chi connectivity index (χ4v) is 3.79. The van der Waals surface area contributed by atoms with Crippen molar-refractivity contribution in [2.75, 3.05) is 12.4 Å². The van der Waals surface area contributed by atoms with Gasteiger partial charge in [-0.1, -0.05) is 29.5 Å². The number of hydrogen-bond acceptors (Lipinski definition) is 4. The highest BCUT2D eigenvalue weighted by molar-refractivity contribution is 8.00. The number of benzene rings is 2. The Bertz CT molecular complexity index is 942. The number of imidazole rings is 1. The number of rotatable bonds is 5. The van der Waals surface area contributed by atoms with E-state index < -0.39 is 0 Å². The molecule has 136 valence electrons. The number of aromatic amines is 1. The molecule has 1 aromatic heterocycles. The molecular formula is C20H23N3O2S. The number of anilines is 1. The molecule has 0 radical (unpaired) electrons. The van der Waals surface area contributed by atoms with E-state index in [-0.39, 0.29) is 11.2 Å². The second-order valence-corrected chi connectivity index (χ2v) is 7.78. The molecule has 0 aliphatic carbocycles. The molecule has 3 aromatic rings. The lowest BCUT2D eigenvalue weighted by molar-refractivity contribution is -0.115. The van der Waals surface area contributed by atoms with Crippen LogP contribution < -0.4 is 10.1 Å². The van der Waals surface area contributed by atoms with E-state index in [9.17, 15) is 4.79 Å². The first-order valence-electron chi connectivity index (χ1n) is 8.46. The predicted molar refractivity (Wildman–Crippen MR) is 107 cm³/mol. The highest BCUT2D eigenvalue weighted by Crippen LogP contribution is 2.27. The number of nitrogens with one attached hydrogen (secondary N) is 2. The number of hydrogen-bond donors (Lipinski definition) is 2. The van der Waals surface area contributed by atoms with E-state index in [2.05, 4.69) is 34.3 Å². The average molecular weight is 369 g/mol. The van der Waals surface area contributed by atoms with E-state index in [0.29, 0.717) is 5.16 Å². The number of fused-ring (bicyclic) bond motifs is 1. The van der Waals surface area contributed by atoms with Crippen LogP contribution in [0, 0.1) is 20.8 Å². The summed E-state index contributed by atoms with van der Waals surface area (Å²) in [7, 11) is 1.63. The molecule has 2 aromatic carbocycles. The van der Waals surface area contributed by atoms with Crippen molar-refractivity contribution < 1.29 is 9.53 Å². The number of thioether (sulfide) groups is 1. The van der Waals surface area contributed by atoms with Gasteiger partial charge in [0.15, 0.2) is 5.16 Å². The van der Waals surface area contributed by atoms with Crippen molar-refractivity contribution >= 4 is 34.4 Å². The second kappa shape index (κ2) is 7.41. The number of aryl methyl sites for hydroxylation is 3. The molecule has 3 rings (SSSR count). The maximum atomic E-state index is 12.6. The van der Waals surface area contributed by atoms with E-state index in [1.807, 2.05) is 39.0 Å². The number of amides is 1. The molecule has 1 amide bonds. The molecular weight excluding hydrogens is 346 g/mol. The topological polar surface area (TPSA) is 67.0 Å². The number of carbonyl (C=O) groups excluding carboxylic acids is 1. The second-order valence-electron chi connectivity index (χ2n) is 6.45. The quantitative estimate of drug-likeness (QED) is 0.644. The van der Waals surface area contributed by atoms with Crippen LogP contribution in [0.3, 0.4) is 0 Å². The summed E-state index contributed by atoms with van der Waals surface area (Å²) >= 11 is 1.41. The van der Waals surface area contributed by atoms with Crippen molar-refractivity contribution in [1.82, 2.24) is 9.97 Å². The zero-order valence-electron chi connectivity index (χ0n) is 15.6. The lowest BCUT2D eigenvalue weighted by Gasteiger charge is -2.15. The van der Waals surface area contributed by atoms with Crippen molar-refractivity contribution in [3.8, 4) is 5.75 Å². The molecule has 5 nitrogen and oxygen atoms in total. The van der Waals surface area contributed by atoms with Gasteiger partial charge < -0.3 is 15.0 Å². The SMILES string of the molecule is COc1ccc2nc(SC(C)C(=O)Nc3c(C)cc(C)cc3C)[nH]c2c1. The molecule has 1 unspecified atom stereocenters. The molecule has 0 saturated carbocycles. The molecule has 0 bridgehead atoms. The lowest BCUT2D eigenvalue weighted by Crippen LogP contribution is -2.23. The fraction of sp³-hybridized carbons (Fsp3) is 0.300. The van der Waals surface area contributed by atoms with Gasteiger partial charge in [-0.15, -0.1) is 0 Å². The average Bonchev–Trinajstić information content (AvgIpc) is 2.98. The third-order valence-electron chi connectivity index (χ3n) is 4.25. The minimum absolute atomic E-state index is 0.0388. The van der Waals surface area contributed by atoms with Gasteiger partial charge in [0.2, 0.25) is 5.91 Å². The molecule has 0 aliphatic rings. The van der Waals surface area contributed by atoms with Crippen LogP contribution in [-0.4, -0.2) is 28.2 Å². The molecule has 26 heavy (non-hydrogen) atoms. The first-order chi connectivity index (χ1) is 12.4. The zero-order chi connectivity index (χ0) is 18.8. The van der Waals surface area contributed by atoms with Gasteiger partial charge in [-0.2, -0.15) is 0 Å². The summed E-state index contributed by atoms with van der Waals surface area (Å²) in [5, 5.41) is 3.49. The van der Waals surface area contributed by atoms with Gasteiger partial charge in [0, 0.05) is 11.8 Å². The van der Waals surface area contributed by atoms with Crippen molar-refractivity contribution in [2.24, 2.45) is 0 Å². The van der Waals surface area contributed by atoms with Crippen LogP contribution >= 0.6 is 11.8 Å². The summed E-state index contributed by atoms with van der Waals surface area (Å²) < 4.78 is 5.23. The molecule has 2 N–H and O–H groups in total. The van der Waals surface area contributed by atoms with Crippen molar-refractivity contribution in [2.45, 2.75) is 38.1 Å². The van der Waals surface area contributed by atoms with E-state index in [0.717, 1.165) is 33.6 Å². The van der Waals surface area contributed by atoms with Gasteiger partial charge in [0.05, 0.1) is 23.4 Å². The van der Waals surface area contributed by atoms with E-state index in [1.54, 1.807) is 7.11 Å². The Balaban J connectivity index is 1.73. The molecule has 0 saturated heterocycles. The summed E-state index contributed by atoms with van der Waals surface area (Å²) in [6.45, 7) is 7.97. The minimum atomic E-state index is -0.280. The van der Waals surface area contributed by atoms with Gasteiger partial charge in [0.25, 0.3) is 0 Å². The van der Waals surface area contributed by atoms with Gasteiger partial charge in [-0.25, -0.2) is 4.98 Å². The predicted octanol–water partition coefficient (Wildman–Crippen LogP) is 4.62. The Morgan fingerprint density at radius 2 is 1.88 bits per heavy atom. The number of nitrogens with zero attached hydrogens (tertiary/aromatic N) is 1. The van der Waals surface area contributed by atoms with E-state index in [1.165, 1.54) is 17.3 Å². The summed E-state index contributed by atoms with van der Waals surface area (Å²) in [5.41, 5.74) is 5.98. The first-order valence-corrected chi connectivity index (χ1v) is 9.34. The Hall–Kier alpha value is -2.47. The molecule has 0 fully saturated rings. The van der Waals surface area contributed by atoms with Crippen molar-refractivity contribution in [1.29, 1.82) is 0 Å². The van der Waals surface area contributed by atoms with Crippen LogP contribution in [-0.2, 0) is 4.79 Å². The van der Waals surface area contributed by atoms with Crippen LogP contribution in [0.15, 0.2) is 35.5 Å². The molecule has 0 aliphatic heterocycles. The van der Waals surface area contributed by atoms with Crippen molar-refractivity contribution in [3.63, 3.8) is 0 Å². The van der Waals surface area contributed by atoms with Crippen LogP contribution in [0.2, 0.25) is 0 Å². The minimum Gasteiger partial charge on any atom is -0.497 e. The standard InChI is InChI=1S/C20H23N3O2S/c1-11-8-12(2)18(13(3)9-11)23-19(24)14(4)26-20-21-16-7-6-15(25-5)10-17(16)22-20/h6-10,14H,1-5H3,(H,21,22)(H,23,24). The largest absolute Gasteiger partial charge is 0.497 e. The summed E-state index contributed by atoms with van der Waals surface area (Å²) in [6, 6.07) is 9.82. The van der Waals surface area contributed by atoms with Gasteiger partial charge in [-0.05, 0) is 51.0 Å². The number of methoxy groups -OCH3 is 1. The number of H-pyrrole nitrogens is 1. The zero-order valence-corrected chi connectivity index (χ0v) is 16.5. The van der Waals surface area contributed by atoms with Gasteiger partial charge in [0.1, 0.15) is 5.75 Å². The molecule has 6 heteroatoms. The van der Waals surface area contributed by atoms with Crippen LogP contribution in [0.5, 0.6) is 5.75 Å². The molecule has 0 spiro atoms. The Morgan fingerprint density at radius 1 is 1.19 bits per heavy atom. The summed E-state index contributed by atoms with van der Waals surface area (Å²) in [5.74, 6) is 0.733. The van der Waals surface area contributed by atoms with Crippen LogP contribution in [0.25, 0.3) is 11.0 Å². The Morgan fingerprint density at radius 3 is 2.54 bits per heavy atom. The maximum absolute atomic E-state index is 12.6. The van der Waals surface area contributed by atoms with E-state index in [4.69, 9.17) is 4.74 Å². The third-order valence-corrected chi connectivity index (χ3v) is 5.23. The van der Waals surface area contributed by atoms with Crippen LogP contribution in [0.4, 0.5) is 5.69 Å². The maximum Gasteiger partial charge on any atom is 0.237 e. The normalized spacial score (nSPS) is 12.2. The first kappa shape index (κ1) is 18.3. The summed E-state index contributed by atoms with van der Waals surface area (Å²) in [4.78, 5) is 20.4. The van der Waals surface area contributed by atoms with Crippen LogP contribution in [0.1, 0.15) is 23.6 Å². The highest BCUT2D eigenvalue weighted by Gasteiger charge is 2.18. The molecule has 1 atom stereocenters. The van der Waals surface area contributed by atoms with E-state index >= 15 is 0 Å². The number of aromatic nitrogens is 2. The fourth-order valence-electron chi connectivity index (χ4n) is 2.97. The smallest absolute Gasteiger partial charge is 0.237 e.